The molecule has 2 fully saturated rings. The molecule has 2 aromatic rings. The van der Waals surface area contributed by atoms with Crippen LogP contribution in [0.5, 0.6) is 0 Å². The van der Waals surface area contributed by atoms with Gasteiger partial charge in [-0.1, -0.05) is 20.8 Å². The van der Waals surface area contributed by atoms with Gasteiger partial charge in [-0.15, -0.1) is 0 Å². The zero-order chi connectivity index (χ0) is 21.0. The highest BCUT2D eigenvalue weighted by Crippen LogP contribution is 2.42. The lowest BCUT2D eigenvalue weighted by Gasteiger charge is -2.47. The minimum atomic E-state index is 0.436. The van der Waals surface area contributed by atoms with Gasteiger partial charge in [-0.3, -0.25) is 9.97 Å². The molecule has 0 unspecified atom stereocenters. The maximum absolute atomic E-state index is 4.67. The number of rotatable bonds is 5. The summed E-state index contributed by atoms with van der Waals surface area (Å²) in [5.74, 6) is 0. The van der Waals surface area contributed by atoms with E-state index in [1.807, 2.05) is 42.7 Å². The summed E-state index contributed by atoms with van der Waals surface area (Å²) >= 11 is 1.88. The minimum absolute atomic E-state index is 0.436. The predicted molar refractivity (Wildman–Crippen MR) is 126 cm³/mol. The predicted octanol–water partition coefficient (Wildman–Crippen LogP) is 5.76. The van der Waals surface area contributed by atoms with E-state index in [1.54, 1.807) is 0 Å². The van der Waals surface area contributed by atoms with E-state index >= 15 is 0 Å². The first kappa shape index (κ1) is 21.8. The summed E-state index contributed by atoms with van der Waals surface area (Å²) in [5.41, 5.74) is 3.12. The van der Waals surface area contributed by atoms with Crippen molar-refractivity contribution in [3.63, 3.8) is 0 Å². The Morgan fingerprint density at radius 2 is 1.77 bits per heavy atom. The molecule has 0 N–H and O–H groups in total. The number of likely N-dealkylation sites (tertiary alicyclic amines) is 1. The second kappa shape index (κ2) is 9.37. The largest absolute Gasteiger partial charge is 0.303 e. The first-order valence-electron chi connectivity index (χ1n) is 11.4. The van der Waals surface area contributed by atoms with Crippen molar-refractivity contribution in [1.29, 1.82) is 0 Å². The topological polar surface area (TPSA) is 32.3 Å². The van der Waals surface area contributed by atoms with Crippen LogP contribution in [0, 0.1) is 10.8 Å². The van der Waals surface area contributed by atoms with Gasteiger partial charge in [0, 0.05) is 48.7 Å². The Hall–Kier alpha value is -1.43. The van der Waals surface area contributed by atoms with Crippen LogP contribution in [0.1, 0.15) is 52.9 Å². The number of aromatic nitrogens is 2. The SMILES string of the molecule is CC(C)(C)CCN1CCCC2(CCN(Sc3ccc(-c4ccncc4)nc3)CC2)C1. The van der Waals surface area contributed by atoms with E-state index in [9.17, 15) is 0 Å². The molecule has 0 aromatic carbocycles. The molecule has 1 spiro atoms. The molecule has 0 amide bonds. The monoisotopic (exact) mass is 424 g/mol. The van der Waals surface area contributed by atoms with Crippen LogP contribution < -0.4 is 0 Å². The van der Waals surface area contributed by atoms with Gasteiger partial charge < -0.3 is 4.90 Å². The van der Waals surface area contributed by atoms with Crippen LogP contribution in [0.3, 0.4) is 0 Å². The quantitative estimate of drug-likeness (QED) is 0.569. The summed E-state index contributed by atoms with van der Waals surface area (Å²) in [6.45, 7) is 13.3. The average Bonchev–Trinajstić information content (AvgIpc) is 2.75. The Balaban J connectivity index is 1.28. The van der Waals surface area contributed by atoms with Crippen molar-refractivity contribution < 1.29 is 0 Å². The van der Waals surface area contributed by atoms with Gasteiger partial charge in [0.25, 0.3) is 0 Å². The number of piperidine rings is 2. The molecule has 2 saturated heterocycles. The van der Waals surface area contributed by atoms with E-state index in [0.717, 1.165) is 11.3 Å². The molecule has 0 aliphatic carbocycles. The minimum Gasteiger partial charge on any atom is -0.303 e. The summed E-state index contributed by atoms with van der Waals surface area (Å²) < 4.78 is 2.54. The molecule has 4 nitrogen and oxygen atoms in total. The van der Waals surface area contributed by atoms with Gasteiger partial charge in [0.15, 0.2) is 0 Å². The van der Waals surface area contributed by atoms with Gasteiger partial charge in [0.1, 0.15) is 0 Å². The van der Waals surface area contributed by atoms with Crippen LogP contribution in [0.4, 0.5) is 0 Å². The van der Waals surface area contributed by atoms with E-state index in [0.29, 0.717) is 10.8 Å². The lowest BCUT2D eigenvalue weighted by atomic mass is 9.73. The molecule has 2 aromatic heterocycles. The molecule has 5 heteroatoms. The summed E-state index contributed by atoms with van der Waals surface area (Å²) in [6.07, 6.45) is 12.4. The Labute approximate surface area is 186 Å². The van der Waals surface area contributed by atoms with Crippen LogP contribution in [-0.2, 0) is 0 Å². The van der Waals surface area contributed by atoms with E-state index in [1.165, 1.54) is 69.7 Å². The van der Waals surface area contributed by atoms with Gasteiger partial charge in [-0.25, -0.2) is 4.31 Å². The molecular weight excluding hydrogens is 388 g/mol. The molecule has 0 atom stereocenters. The third-order valence-corrected chi connectivity index (χ3v) is 7.72. The van der Waals surface area contributed by atoms with E-state index in [4.69, 9.17) is 0 Å². The highest BCUT2D eigenvalue weighted by molar-refractivity contribution is 7.97. The van der Waals surface area contributed by atoms with E-state index in [2.05, 4.69) is 52.1 Å². The van der Waals surface area contributed by atoms with Crippen molar-refractivity contribution in [2.24, 2.45) is 10.8 Å². The van der Waals surface area contributed by atoms with Gasteiger partial charge in [-0.05, 0) is 92.2 Å². The van der Waals surface area contributed by atoms with Crippen molar-refractivity contribution in [3.8, 4) is 11.3 Å². The summed E-state index contributed by atoms with van der Waals surface area (Å²) in [7, 11) is 0. The maximum atomic E-state index is 4.67. The van der Waals surface area contributed by atoms with Gasteiger partial charge in [0.05, 0.1) is 5.69 Å². The summed E-state index contributed by atoms with van der Waals surface area (Å²) in [6, 6.07) is 8.34. The average molecular weight is 425 g/mol. The third kappa shape index (κ3) is 5.83. The molecule has 0 saturated carbocycles. The van der Waals surface area contributed by atoms with Gasteiger partial charge in [0.2, 0.25) is 0 Å². The fraction of sp³-hybridized carbons (Fsp3) is 0.600. The summed E-state index contributed by atoms with van der Waals surface area (Å²) in [5, 5.41) is 0. The first-order chi connectivity index (χ1) is 14.4. The molecule has 30 heavy (non-hydrogen) atoms. The van der Waals surface area contributed by atoms with E-state index in [-0.39, 0.29) is 0 Å². The third-order valence-electron chi connectivity index (χ3n) is 6.65. The van der Waals surface area contributed by atoms with Crippen molar-refractivity contribution in [2.75, 3.05) is 32.7 Å². The molecule has 4 heterocycles. The van der Waals surface area contributed by atoms with Gasteiger partial charge >= 0.3 is 0 Å². The number of pyridine rings is 2. The molecule has 4 rings (SSSR count). The second-order valence-corrected chi connectivity index (χ2v) is 11.5. The molecule has 2 aliphatic rings. The zero-order valence-corrected chi connectivity index (χ0v) is 19.6. The molecule has 162 valence electrons. The van der Waals surface area contributed by atoms with Crippen molar-refractivity contribution in [2.45, 2.75) is 57.8 Å². The Kier molecular flexibility index (Phi) is 6.81. The van der Waals surface area contributed by atoms with Gasteiger partial charge in [-0.2, -0.15) is 0 Å². The lowest BCUT2D eigenvalue weighted by molar-refractivity contribution is 0.0401. The summed E-state index contributed by atoms with van der Waals surface area (Å²) in [4.78, 5) is 12.7. The second-order valence-electron chi connectivity index (χ2n) is 10.3. The number of nitrogens with zero attached hydrogens (tertiary/aromatic N) is 4. The Morgan fingerprint density at radius 1 is 1.00 bits per heavy atom. The van der Waals surface area contributed by atoms with Crippen molar-refractivity contribution in [3.05, 3.63) is 42.9 Å². The van der Waals surface area contributed by atoms with Crippen LogP contribution in [-0.4, -0.2) is 51.9 Å². The highest BCUT2D eigenvalue weighted by atomic mass is 32.2. The standard InChI is InChI=1S/C25H36N4S/c1-24(2,3)10-16-28-15-4-9-25(20-28)11-17-29(18-12-25)30-22-5-6-23(27-19-22)21-7-13-26-14-8-21/h5-8,13-14,19H,4,9-12,15-18,20H2,1-3H3. The van der Waals surface area contributed by atoms with Crippen LogP contribution in [0.25, 0.3) is 11.3 Å². The van der Waals surface area contributed by atoms with E-state index < -0.39 is 0 Å². The zero-order valence-electron chi connectivity index (χ0n) is 18.8. The van der Waals surface area contributed by atoms with Crippen molar-refractivity contribution >= 4 is 11.9 Å². The van der Waals surface area contributed by atoms with Crippen LogP contribution >= 0.6 is 11.9 Å². The normalized spacial score (nSPS) is 20.5. The van der Waals surface area contributed by atoms with Crippen LogP contribution in [0.2, 0.25) is 0 Å². The maximum Gasteiger partial charge on any atom is 0.0703 e. The van der Waals surface area contributed by atoms with Crippen molar-refractivity contribution in [1.82, 2.24) is 19.2 Å². The van der Waals surface area contributed by atoms with Crippen LogP contribution in [0.15, 0.2) is 47.8 Å². The Bertz CT molecular complexity index is 792. The fourth-order valence-electron chi connectivity index (χ4n) is 4.73. The number of hydrogen-bond donors (Lipinski definition) is 0. The number of hydrogen-bond acceptors (Lipinski definition) is 5. The fourth-order valence-corrected chi connectivity index (χ4v) is 5.62. The highest BCUT2D eigenvalue weighted by Gasteiger charge is 2.38. The molecule has 0 bridgehead atoms. The smallest absolute Gasteiger partial charge is 0.0703 e. The molecule has 2 aliphatic heterocycles. The lowest BCUT2D eigenvalue weighted by Crippen LogP contribution is -2.48. The molecule has 0 radical (unpaired) electrons. The Morgan fingerprint density at radius 3 is 2.43 bits per heavy atom. The first-order valence-corrected chi connectivity index (χ1v) is 12.2. The molecular formula is C25H36N4S.